The van der Waals surface area contributed by atoms with E-state index in [1.165, 1.54) is 24.1 Å². The van der Waals surface area contributed by atoms with E-state index < -0.39 is 0 Å². The molecule has 0 bridgehead atoms. The Kier molecular flexibility index (Phi) is 4.55. The van der Waals surface area contributed by atoms with Gasteiger partial charge in [-0.3, -0.25) is 4.90 Å². The molecule has 0 amide bonds. The molecular formula is C18H30N2. The van der Waals surface area contributed by atoms with Crippen LogP contribution in [-0.2, 0) is 5.41 Å². The van der Waals surface area contributed by atoms with Gasteiger partial charge in [-0.25, -0.2) is 0 Å². The standard InChI is InChI=1S/C18H30N2/c1-13(2)20-11-10-15(12-19)17(20)14-6-8-16(9-7-14)18(3,4)5/h6-9,13,15,17H,10-12,19H2,1-5H3. The summed E-state index contributed by atoms with van der Waals surface area (Å²) in [5.41, 5.74) is 9.05. The molecule has 0 aliphatic carbocycles. The van der Waals surface area contributed by atoms with Gasteiger partial charge in [0.2, 0.25) is 0 Å². The first-order valence-electron chi connectivity index (χ1n) is 7.91. The van der Waals surface area contributed by atoms with Crippen LogP contribution >= 0.6 is 0 Å². The Morgan fingerprint density at radius 2 is 1.80 bits per heavy atom. The zero-order chi connectivity index (χ0) is 14.9. The van der Waals surface area contributed by atoms with Crippen molar-refractivity contribution in [3.05, 3.63) is 35.4 Å². The van der Waals surface area contributed by atoms with E-state index in [0.717, 1.165) is 6.54 Å². The molecule has 1 aliphatic rings. The van der Waals surface area contributed by atoms with Crippen molar-refractivity contribution < 1.29 is 0 Å². The number of benzene rings is 1. The Hall–Kier alpha value is -0.860. The van der Waals surface area contributed by atoms with Crippen molar-refractivity contribution in [2.24, 2.45) is 11.7 Å². The third-order valence-corrected chi connectivity index (χ3v) is 4.65. The molecule has 2 heteroatoms. The Balaban J connectivity index is 2.28. The second-order valence-corrected chi connectivity index (χ2v) is 7.43. The van der Waals surface area contributed by atoms with Gasteiger partial charge in [0.25, 0.3) is 0 Å². The third kappa shape index (κ3) is 3.07. The summed E-state index contributed by atoms with van der Waals surface area (Å²) in [6.07, 6.45) is 1.22. The predicted octanol–water partition coefficient (Wildman–Crippen LogP) is 3.71. The van der Waals surface area contributed by atoms with Gasteiger partial charge in [-0.2, -0.15) is 0 Å². The molecular weight excluding hydrogens is 244 g/mol. The molecule has 112 valence electrons. The lowest BCUT2D eigenvalue weighted by Gasteiger charge is -2.32. The minimum atomic E-state index is 0.221. The van der Waals surface area contributed by atoms with E-state index in [-0.39, 0.29) is 5.41 Å². The van der Waals surface area contributed by atoms with Crippen molar-refractivity contribution in [2.75, 3.05) is 13.1 Å². The summed E-state index contributed by atoms with van der Waals surface area (Å²) >= 11 is 0. The van der Waals surface area contributed by atoms with Crippen LogP contribution in [0, 0.1) is 5.92 Å². The van der Waals surface area contributed by atoms with E-state index in [4.69, 9.17) is 5.73 Å². The molecule has 0 aromatic heterocycles. The van der Waals surface area contributed by atoms with Crippen molar-refractivity contribution in [2.45, 2.75) is 58.5 Å². The average Bonchev–Trinajstić information content (AvgIpc) is 2.81. The minimum Gasteiger partial charge on any atom is -0.330 e. The quantitative estimate of drug-likeness (QED) is 0.910. The number of likely N-dealkylation sites (tertiary alicyclic amines) is 1. The lowest BCUT2D eigenvalue weighted by atomic mass is 9.85. The molecule has 0 radical (unpaired) electrons. The molecule has 1 heterocycles. The highest BCUT2D eigenvalue weighted by atomic mass is 15.2. The van der Waals surface area contributed by atoms with Crippen LogP contribution in [0.25, 0.3) is 0 Å². The fourth-order valence-electron chi connectivity index (χ4n) is 3.35. The van der Waals surface area contributed by atoms with Crippen LogP contribution in [0.15, 0.2) is 24.3 Å². The van der Waals surface area contributed by atoms with Crippen molar-refractivity contribution in [3.63, 3.8) is 0 Å². The number of hydrogen-bond donors (Lipinski definition) is 1. The van der Waals surface area contributed by atoms with Gasteiger partial charge in [-0.15, -0.1) is 0 Å². The van der Waals surface area contributed by atoms with Gasteiger partial charge in [0, 0.05) is 12.1 Å². The molecule has 2 nitrogen and oxygen atoms in total. The van der Waals surface area contributed by atoms with Crippen LogP contribution in [0.3, 0.4) is 0 Å². The maximum absolute atomic E-state index is 6.00. The van der Waals surface area contributed by atoms with Crippen LogP contribution < -0.4 is 5.73 Å². The molecule has 0 saturated carbocycles. The molecule has 2 N–H and O–H groups in total. The van der Waals surface area contributed by atoms with Crippen LogP contribution in [0.5, 0.6) is 0 Å². The molecule has 2 rings (SSSR count). The summed E-state index contributed by atoms with van der Waals surface area (Å²) in [4.78, 5) is 2.60. The lowest BCUT2D eigenvalue weighted by molar-refractivity contribution is 0.184. The SMILES string of the molecule is CC(C)N1CCC(CN)C1c1ccc(C(C)(C)C)cc1. The summed E-state index contributed by atoms with van der Waals surface area (Å²) in [6, 6.07) is 10.3. The Labute approximate surface area is 124 Å². The third-order valence-electron chi connectivity index (χ3n) is 4.65. The van der Waals surface area contributed by atoms with Crippen LogP contribution in [-0.4, -0.2) is 24.0 Å². The zero-order valence-electron chi connectivity index (χ0n) is 13.7. The average molecular weight is 274 g/mol. The Morgan fingerprint density at radius 3 is 2.25 bits per heavy atom. The van der Waals surface area contributed by atoms with E-state index in [2.05, 4.69) is 63.8 Å². The highest BCUT2D eigenvalue weighted by Crippen LogP contribution is 2.38. The first-order chi connectivity index (χ1) is 9.34. The van der Waals surface area contributed by atoms with Crippen molar-refractivity contribution in [1.29, 1.82) is 0 Å². The lowest BCUT2D eigenvalue weighted by Crippen LogP contribution is -2.33. The van der Waals surface area contributed by atoms with E-state index in [1.807, 2.05) is 0 Å². The zero-order valence-corrected chi connectivity index (χ0v) is 13.7. The monoisotopic (exact) mass is 274 g/mol. The molecule has 0 spiro atoms. The largest absolute Gasteiger partial charge is 0.330 e. The molecule has 1 saturated heterocycles. The Bertz CT molecular complexity index is 428. The van der Waals surface area contributed by atoms with E-state index in [9.17, 15) is 0 Å². The van der Waals surface area contributed by atoms with Crippen molar-refractivity contribution in [1.82, 2.24) is 4.90 Å². The second-order valence-electron chi connectivity index (χ2n) is 7.43. The highest BCUT2D eigenvalue weighted by Gasteiger charge is 2.35. The molecule has 2 unspecified atom stereocenters. The van der Waals surface area contributed by atoms with Gasteiger partial charge in [0.1, 0.15) is 0 Å². The maximum Gasteiger partial charge on any atom is 0.0391 e. The summed E-state index contributed by atoms with van der Waals surface area (Å²) in [7, 11) is 0. The Morgan fingerprint density at radius 1 is 1.20 bits per heavy atom. The van der Waals surface area contributed by atoms with Gasteiger partial charge < -0.3 is 5.73 Å². The van der Waals surface area contributed by atoms with Crippen molar-refractivity contribution >= 4 is 0 Å². The number of rotatable bonds is 3. The molecule has 1 aromatic carbocycles. The number of hydrogen-bond acceptors (Lipinski definition) is 2. The summed E-state index contributed by atoms with van der Waals surface area (Å²) in [5.74, 6) is 0.595. The minimum absolute atomic E-state index is 0.221. The second kappa shape index (κ2) is 5.87. The number of nitrogens with zero attached hydrogens (tertiary/aromatic N) is 1. The van der Waals surface area contributed by atoms with Gasteiger partial charge in [-0.05, 0) is 55.8 Å². The van der Waals surface area contributed by atoms with Gasteiger partial charge in [-0.1, -0.05) is 45.0 Å². The predicted molar refractivity (Wildman–Crippen MR) is 86.9 cm³/mol. The molecule has 20 heavy (non-hydrogen) atoms. The smallest absolute Gasteiger partial charge is 0.0391 e. The molecule has 1 aliphatic heterocycles. The van der Waals surface area contributed by atoms with E-state index in [0.29, 0.717) is 18.0 Å². The first kappa shape index (κ1) is 15.5. The van der Waals surface area contributed by atoms with Crippen molar-refractivity contribution in [3.8, 4) is 0 Å². The maximum atomic E-state index is 6.00. The summed E-state index contributed by atoms with van der Waals surface area (Å²) in [6.45, 7) is 13.3. The van der Waals surface area contributed by atoms with Crippen LogP contribution in [0.1, 0.15) is 58.2 Å². The summed E-state index contributed by atoms with van der Waals surface area (Å²) in [5, 5.41) is 0. The van der Waals surface area contributed by atoms with E-state index in [1.54, 1.807) is 0 Å². The van der Waals surface area contributed by atoms with Gasteiger partial charge >= 0.3 is 0 Å². The molecule has 2 atom stereocenters. The number of nitrogens with two attached hydrogens (primary N) is 1. The first-order valence-corrected chi connectivity index (χ1v) is 7.91. The van der Waals surface area contributed by atoms with Gasteiger partial charge in [0.05, 0.1) is 0 Å². The highest BCUT2D eigenvalue weighted by molar-refractivity contribution is 5.30. The fourth-order valence-corrected chi connectivity index (χ4v) is 3.35. The van der Waals surface area contributed by atoms with Crippen LogP contribution in [0.4, 0.5) is 0 Å². The van der Waals surface area contributed by atoms with Gasteiger partial charge in [0.15, 0.2) is 0 Å². The molecule has 1 fully saturated rings. The topological polar surface area (TPSA) is 29.3 Å². The normalized spacial score (nSPS) is 24.6. The fraction of sp³-hybridized carbons (Fsp3) is 0.667. The molecule has 1 aromatic rings. The van der Waals surface area contributed by atoms with E-state index >= 15 is 0 Å². The van der Waals surface area contributed by atoms with Crippen LogP contribution in [0.2, 0.25) is 0 Å². The summed E-state index contributed by atoms with van der Waals surface area (Å²) < 4.78 is 0.